The summed E-state index contributed by atoms with van der Waals surface area (Å²) in [6.45, 7) is 10.5. The molecule has 0 aliphatic carbocycles. The van der Waals surface area contributed by atoms with E-state index in [-0.39, 0.29) is 24.7 Å². The minimum absolute atomic E-state index is 0.148. The van der Waals surface area contributed by atoms with Crippen LogP contribution in [0.4, 0.5) is 13.2 Å². The molecule has 2 atom stereocenters. The summed E-state index contributed by atoms with van der Waals surface area (Å²) < 4.78 is 47.2. The van der Waals surface area contributed by atoms with Gasteiger partial charge in [0.1, 0.15) is 0 Å². The van der Waals surface area contributed by atoms with E-state index in [4.69, 9.17) is 4.43 Å². The zero-order chi connectivity index (χ0) is 23.3. The lowest BCUT2D eigenvalue weighted by atomic mass is 10.1. The van der Waals surface area contributed by atoms with Gasteiger partial charge in [0.05, 0.1) is 12.6 Å². The largest absolute Gasteiger partial charge is 0.415 e. The Morgan fingerprint density at radius 2 is 1.29 bits per heavy atom. The van der Waals surface area contributed by atoms with E-state index in [1.165, 1.54) is 0 Å². The van der Waals surface area contributed by atoms with E-state index in [2.05, 4.69) is 0 Å². The second kappa shape index (κ2) is 10.3. The lowest BCUT2D eigenvalue weighted by Gasteiger charge is -2.41. The molecule has 2 aromatic rings. The van der Waals surface area contributed by atoms with Gasteiger partial charge >= 0.3 is 6.18 Å². The second-order valence-corrected chi connectivity index (χ2v) is 14.3. The van der Waals surface area contributed by atoms with E-state index in [9.17, 15) is 18.3 Å². The highest BCUT2D eigenvalue weighted by Crippen LogP contribution is 2.37. The third kappa shape index (κ3) is 7.45. The van der Waals surface area contributed by atoms with E-state index in [1.807, 2.05) is 94.5 Å². The fourth-order valence-corrected chi connectivity index (χ4v) is 4.07. The summed E-state index contributed by atoms with van der Waals surface area (Å²) in [7, 11) is -2.31. The zero-order valence-electron chi connectivity index (χ0n) is 19.0. The van der Waals surface area contributed by atoms with Gasteiger partial charge in [-0.15, -0.1) is 0 Å². The van der Waals surface area contributed by atoms with Crippen LogP contribution in [0.1, 0.15) is 31.9 Å². The molecule has 0 unspecified atom stereocenters. The Hall–Kier alpha value is -1.67. The van der Waals surface area contributed by atoms with Crippen molar-refractivity contribution in [2.45, 2.75) is 70.3 Å². The second-order valence-electron chi connectivity index (χ2n) is 9.50. The van der Waals surface area contributed by atoms with E-state index >= 15 is 0 Å². The monoisotopic (exact) mass is 453 g/mol. The molecule has 172 valence electrons. The molecule has 0 saturated carbocycles. The maximum Gasteiger partial charge on any atom is 0.415 e. The van der Waals surface area contributed by atoms with Crippen LogP contribution in [0.15, 0.2) is 60.7 Å². The fourth-order valence-electron chi connectivity index (χ4n) is 3.05. The van der Waals surface area contributed by atoms with Gasteiger partial charge in [0.25, 0.3) is 0 Å². The van der Waals surface area contributed by atoms with Gasteiger partial charge in [-0.2, -0.15) is 13.2 Å². The van der Waals surface area contributed by atoms with Crippen LogP contribution in [0.5, 0.6) is 0 Å². The van der Waals surface area contributed by atoms with Crippen LogP contribution in [0.25, 0.3) is 0 Å². The molecule has 0 amide bonds. The standard InChI is InChI=1S/C24H34F3NO2Si/c1-23(2,3)31(4,5)30-18-21(22(29)24(25,26)27)28(16-19-12-8-6-9-13-19)17-20-14-10-7-11-15-20/h6-15,21-22,29H,16-18H2,1-5H3/t21-,22+/m0/s1. The molecule has 0 fully saturated rings. The number of aliphatic hydroxyl groups is 1. The third-order valence-corrected chi connectivity index (χ3v) is 10.5. The first-order valence-electron chi connectivity index (χ1n) is 10.5. The number of halogens is 3. The lowest BCUT2D eigenvalue weighted by molar-refractivity contribution is -0.226. The molecule has 0 aliphatic heterocycles. The van der Waals surface area contributed by atoms with Gasteiger partial charge in [-0.3, -0.25) is 4.90 Å². The van der Waals surface area contributed by atoms with Crippen molar-refractivity contribution in [2.24, 2.45) is 0 Å². The molecule has 7 heteroatoms. The highest BCUT2D eigenvalue weighted by Gasteiger charge is 2.47. The topological polar surface area (TPSA) is 32.7 Å². The molecule has 1 N–H and O–H groups in total. The van der Waals surface area contributed by atoms with Crippen LogP contribution in [-0.2, 0) is 17.5 Å². The maximum atomic E-state index is 13.7. The first-order chi connectivity index (χ1) is 14.3. The van der Waals surface area contributed by atoms with Crippen LogP contribution in [-0.4, -0.2) is 43.3 Å². The van der Waals surface area contributed by atoms with E-state index in [0.29, 0.717) is 0 Å². The quantitative estimate of drug-likeness (QED) is 0.473. The fraction of sp³-hybridized carbons (Fsp3) is 0.500. The minimum atomic E-state index is -4.74. The van der Waals surface area contributed by atoms with Crippen molar-refractivity contribution in [3.05, 3.63) is 71.8 Å². The van der Waals surface area contributed by atoms with Gasteiger partial charge in [-0.25, -0.2) is 0 Å². The number of benzene rings is 2. The van der Waals surface area contributed by atoms with Crippen molar-refractivity contribution >= 4 is 8.32 Å². The van der Waals surface area contributed by atoms with Gasteiger partial charge in [-0.05, 0) is 29.3 Å². The first-order valence-corrected chi connectivity index (χ1v) is 13.4. The van der Waals surface area contributed by atoms with Crippen molar-refractivity contribution in [2.75, 3.05) is 6.61 Å². The molecule has 0 aromatic heterocycles. The van der Waals surface area contributed by atoms with Crippen molar-refractivity contribution in [1.82, 2.24) is 4.90 Å². The zero-order valence-corrected chi connectivity index (χ0v) is 20.0. The summed E-state index contributed by atoms with van der Waals surface area (Å²) in [4.78, 5) is 1.68. The molecule has 0 saturated heterocycles. The van der Waals surface area contributed by atoms with E-state index < -0.39 is 26.6 Å². The van der Waals surface area contributed by atoms with Crippen molar-refractivity contribution < 1.29 is 22.7 Å². The number of hydrogen-bond acceptors (Lipinski definition) is 3. The predicted molar refractivity (Wildman–Crippen MR) is 121 cm³/mol. The number of alkyl halides is 3. The Labute approximate surface area is 185 Å². The summed E-state index contributed by atoms with van der Waals surface area (Å²) in [6.07, 6.45) is -7.25. The molecule has 0 bridgehead atoms. The summed E-state index contributed by atoms with van der Waals surface area (Å²) in [6, 6.07) is 17.5. The molecule has 2 aromatic carbocycles. The van der Waals surface area contributed by atoms with Crippen LogP contribution in [0, 0.1) is 0 Å². The Morgan fingerprint density at radius 1 is 0.871 bits per heavy atom. The van der Waals surface area contributed by atoms with Gasteiger partial charge in [-0.1, -0.05) is 81.4 Å². The summed E-state index contributed by atoms with van der Waals surface area (Å²) >= 11 is 0. The van der Waals surface area contributed by atoms with Gasteiger partial charge in [0, 0.05) is 13.1 Å². The summed E-state index contributed by atoms with van der Waals surface area (Å²) in [5, 5.41) is 10.2. The number of rotatable bonds is 9. The van der Waals surface area contributed by atoms with Crippen LogP contribution in [0.3, 0.4) is 0 Å². The van der Waals surface area contributed by atoms with Gasteiger partial charge < -0.3 is 9.53 Å². The Morgan fingerprint density at radius 3 is 1.65 bits per heavy atom. The smallest absolute Gasteiger partial charge is 0.415 e. The first kappa shape index (κ1) is 25.6. The van der Waals surface area contributed by atoms with Crippen LogP contribution < -0.4 is 0 Å². The van der Waals surface area contributed by atoms with E-state index in [0.717, 1.165) is 11.1 Å². The molecule has 0 spiro atoms. The Bertz CT molecular complexity index is 750. The Balaban J connectivity index is 2.38. The van der Waals surface area contributed by atoms with Crippen LogP contribution in [0.2, 0.25) is 18.1 Å². The molecule has 0 aliphatic rings. The van der Waals surface area contributed by atoms with Gasteiger partial charge in [0.15, 0.2) is 14.4 Å². The molecule has 2 rings (SSSR count). The Kier molecular flexibility index (Phi) is 8.50. The molecular formula is C24H34F3NO2Si. The molecule has 0 heterocycles. The van der Waals surface area contributed by atoms with Crippen molar-refractivity contribution in [3.63, 3.8) is 0 Å². The molecule has 0 radical (unpaired) electrons. The number of hydrogen-bond donors (Lipinski definition) is 1. The number of aliphatic hydroxyl groups excluding tert-OH is 1. The molecular weight excluding hydrogens is 419 g/mol. The normalized spacial score (nSPS) is 15.2. The minimum Gasteiger partial charge on any atom is -0.415 e. The molecule has 31 heavy (non-hydrogen) atoms. The van der Waals surface area contributed by atoms with E-state index in [1.54, 1.807) is 4.90 Å². The number of nitrogens with zero attached hydrogens (tertiary/aromatic N) is 1. The van der Waals surface area contributed by atoms with Crippen LogP contribution >= 0.6 is 0 Å². The molecule has 3 nitrogen and oxygen atoms in total. The highest BCUT2D eigenvalue weighted by molar-refractivity contribution is 6.74. The maximum absolute atomic E-state index is 13.7. The lowest BCUT2D eigenvalue weighted by Crippen LogP contribution is -2.54. The highest BCUT2D eigenvalue weighted by atomic mass is 28.4. The van der Waals surface area contributed by atoms with Crippen molar-refractivity contribution in [3.8, 4) is 0 Å². The third-order valence-electron chi connectivity index (χ3n) is 6.05. The SMILES string of the molecule is CC(C)(C)[Si](C)(C)OC[C@@H]([C@@H](O)C(F)(F)F)N(Cc1ccccc1)Cc1ccccc1. The summed E-state index contributed by atoms with van der Waals surface area (Å²) in [5.41, 5.74) is 1.76. The predicted octanol–water partition coefficient (Wildman–Crippen LogP) is 6.00. The summed E-state index contributed by atoms with van der Waals surface area (Å²) in [5.74, 6) is 0. The van der Waals surface area contributed by atoms with Gasteiger partial charge in [0.2, 0.25) is 0 Å². The van der Waals surface area contributed by atoms with Crippen molar-refractivity contribution in [1.29, 1.82) is 0 Å². The average Bonchev–Trinajstić information content (AvgIpc) is 2.68. The average molecular weight is 454 g/mol.